The molecule has 1 aromatic heterocycles. The van der Waals surface area contributed by atoms with Gasteiger partial charge in [-0.15, -0.1) is 5.10 Å². The summed E-state index contributed by atoms with van der Waals surface area (Å²) in [5.74, 6) is 0. The monoisotopic (exact) mass is 141 g/mol. The molecule has 0 aliphatic carbocycles. The van der Waals surface area contributed by atoms with Crippen molar-refractivity contribution in [2.45, 2.75) is 19.9 Å². The minimum Gasteiger partial charge on any atom is -0.396 e. The average Bonchev–Trinajstić information content (AvgIpc) is 2.36. The molecule has 0 saturated carbocycles. The van der Waals surface area contributed by atoms with Gasteiger partial charge in [0, 0.05) is 19.6 Å². The molecule has 0 unspecified atom stereocenters. The number of hydrogen-bond acceptors (Lipinski definition) is 3. The van der Waals surface area contributed by atoms with E-state index >= 15 is 0 Å². The van der Waals surface area contributed by atoms with Crippen molar-refractivity contribution in [2.75, 3.05) is 6.61 Å². The second kappa shape index (κ2) is 3.31. The fourth-order valence-corrected chi connectivity index (χ4v) is 0.853. The third-order valence-electron chi connectivity index (χ3n) is 1.37. The van der Waals surface area contributed by atoms with Crippen LogP contribution in [0.4, 0.5) is 0 Å². The summed E-state index contributed by atoms with van der Waals surface area (Å²) >= 11 is 0. The third-order valence-corrected chi connectivity index (χ3v) is 1.37. The minimum atomic E-state index is 0.160. The maximum atomic E-state index is 8.59. The predicted molar refractivity (Wildman–Crippen MR) is 36.5 cm³/mol. The van der Waals surface area contributed by atoms with Crippen LogP contribution in [0.1, 0.15) is 12.6 Å². The third kappa shape index (κ3) is 1.33. The van der Waals surface area contributed by atoms with Crippen molar-refractivity contribution in [3.8, 4) is 0 Å². The van der Waals surface area contributed by atoms with E-state index in [1.807, 2.05) is 6.92 Å². The topological polar surface area (TPSA) is 50.9 Å². The maximum absolute atomic E-state index is 8.59. The van der Waals surface area contributed by atoms with E-state index < -0.39 is 0 Å². The van der Waals surface area contributed by atoms with Crippen molar-refractivity contribution in [1.29, 1.82) is 0 Å². The lowest BCUT2D eigenvalue weighted by Crippen LogP contribution is -2.04. The molecular weight excluding hydrogens is 130 g/mol. The van der Waals surface area contributed by atoms with Gasteiger partial charge in [0.15, 0.2) is 0 Å². The standard InChI is InChI=1S/C6H11N3O/c1-2-9-6(3-4-10)5-7-8-9/h5,10H,2-4H2,1H3. The predicted octanol–water partition coefficient (Wildman–Crippen LogP) is -0.167. The van der Waals surface area contributed by atoms with Crippen molar-refractivity contribution in [3.63, 3.8) is 0 Å². The molecule has 0 aromatic carbocycles. The van der Waals surface area contributed by atoms with E-state index in [1.54, 1.807) is 10.9 Å². The molecule has 10 heavy (non-hydrogen) atoms. The minimum absolute atomic E-state index is 0.160. The highest BCUT2D eigenvalue weighted by Gasteiger charge is 1.98. The van der Waals surface area contributed by atoms with Crippen LogP contribution in [-0.4, -0.2) is 26.7 Å². The Morgan fingerprint density at radius 1 is 1.70 bits per heavy atom. The van der Waals surface area contributed by atoms with Crippen molar-refractivity contribution >= 4 is 0 Å². The molecule has 0 atom stereocenters. The number of rotatable bonds is 3. The Bertz CT molecular complexity index is 197. The average molecular weight is 141 g/mol. The van der Waals surface area contributed by atoms with Gasteiger partial charge >= 0.3 is 0 Å². The molecular formula is C6H11N3O. The smallest absolute Gasteiger partial charge is 0.0726 e. The SMILES string of the molecule is CCn1nncc1CCO. The zero-order valence-electron chi connectivity index (χ0n) is 5.99. The number of aliphatic hydroxyl groups is 1. The van der Waals surface area contributed by atoms with Crippen LogP contribution >= 0.6 is 0 Å². The largest absolute Gasteiger partial charge is 0.396 e. The quantitative estimate of drug-likeness (QED) is 0.636. The van der Waals surface area contributed by atoms with E-state index in [1.165, 1.54) is 0 Å². The van der Waals surface area contributed by atoms with E-state index in [2.05, 4.69) is 10.3 Å². The van der Waals surface area contributed by atoms with E-state index in [-0.39, 0.29) is 6.61 Å². The first-order valence-electron chi connectivity index (χ1n) is 3.36. The Hall–Kier alpha value is -0.900. The van der Waals surface area contributed by atoms with Crippen LogP contribution in [-0.2, 0) is 13.0 Å². The number of nitrogens with zero attached hydrogens (tertiary/aromatic N) is 3. The summed E-state index contributed by atoms with van der Waals surface area (Å²) in [5.41, 5.74) is 0.991. The number of aliphatic hydroxyl groups excluding tert-OH is 1. The van der Waals surface area contributed by atoms with Gasteiger partial charge in [-0.1, -0.05) is 5.21 Å². The first kappa shape index (κ1) is 7.21. The molecule has 0 spiro atoms. The number of aromatic nitrogens is 3. The Morgan fingerprint density at radius 2 is 2.50 bits per heavy atom. The zero-order valence-corrected chi connectivity index (χ0v) is 5.99. The molecule has 1 aromatic rings. The van der Waals surface area contributed by atoms with Gasteiger partial charge in [0.25, 0.3) is 0 Å². The van der Waals surface area contributed by atoms with Crippen LogP contribution in [0.2, 0.25) is 0 Å². The van der Waals surface area contributed by atoms with Crippen LogP contribution in [0.15, 0.2) is 6.20 Å². The van der Waals surface area contributed by atoms with Crippen LogP contribution in [0.5, 0.6) is 0 Å². The maximum Gasteiger partial charge on any atom is 0.0726 e. The first-order chi connectivity index (χ1) is 4.88. The van der Waals surface area contributed by atoms with Gasteiger partial charge in [0.05, 0.1) is 11.9 Å². The molecule has 1 N–H and O–H groups in total. The summed E-state index contributed by atoms with van der Waals surface area (Å²) in [5, 5.41) is 16.1. The zero-order chi connectivity index (χ0) is 7.40. The summed E-state index contributed by atoms with van der Waals surface area (Å²) in [4.78, 5) is 0. The van der Waals surface area contributed by atoms with Crippen molar-refractivity contribution in [2.24, 2.45) is 0 Å². The summed E-state index contributed by atoms with van der Waals surface area (Å²) < 4.78 is 1.77. The normalized spacial score (nSPS) is 10.2. The number of aryl methyl sites for hydroxylation is 1. The van der Waals surface area contributed by atoms with E-state index in [4.69, 9.17) is 5.11 Å². The summed E-state index contributed by atoms with van der Waals surface area (Å²) in [6, 6.07) is 0. The molecule has 0 fully saturated rings. The van der Waals surface area contributed by atoms with Crippen LogP contribution in [0, 0.1) is 0 Å². The van der Waals surface area contributed by atoms with E-state index in [0.717, 1.165) is 12.2 Å². The molecule has 1 heterocycles. The van der Waals surface area contributed by atoms with Gasteiger partial charge in [-0.3, -0.25) is 0 Å². The Morgan fingerprint density at radius 3 is 3.10 bits per heavy atom. The van der Waals surface area contributed by atoms with Gasteiger partial charge in [-0.05, 0) is 6.92 Å². The van der Waals surface area contributed by atoms with Gasteiger partial charge < -0.3 is 5.11 Å². The lowest BCUT2D eigenvalue weighted by Gasteiger charge is -1.98. The molecule has 0 aliphatic rings. The summed E-state index contributed by atoms with van der Waals surface area (Å²) in [6.45, 7) is 2.97. The first-order valence-corrected chi connectivity index (χ1v) is 3.36. The van der Waals surface area contributed by atoms with E-state index in [0.29, 0.717) is 6.42 Å². The molecule has 0 bridgehead atoms. The van der Waals surface area contributed by atoms with Crippen molar-refractivity contribution in [3.05, 3.63) is 11.9 Å². The Kier molecular flexibility index (Phi) is 2.39. The molecule has 0 radical (unpaired) electrons. The van der Waals surface area contributed by atoms with Crippen LogP contribution in [0.3, 0.4) is 0 Å². The highest BCUT2D eigenvalue weighted by molar-refractivity contribution is 4.93. The van der Waals surface area contributed by atoms with Gasteiger partial charge in [-0.25, -0.2) is 4.68 Å². The molecule has 0 aliphatic heterocycles. The second-order valence-corrected chi connectivity index (χ2v) is 2.01. The van der Waals surface area contributed by atoms with Gasteiger partial charge in [0.2, 0.25) is 0 Å². The van der Waals surface area contributed by atoms with Gasteiger partial charge in [-0.2, -0.15) is 0 Å². The Labute approximate surface area is 59.5 Å². The van der Waals surface area contributed by atoms with Gasteiger partial charge in [0.1, 0.15) is 0 Å². The lowest BCUT2D eigenvalue weighted by molar-refractivity contribution is 0.295. The van der Waals surface area contributed by atoms with E-state index in [9.17, 15) is 0 Å². The second-order valence-electron chi connectivity index (χ2n) is 2.01. The van der Waals surface area contributed by atoms with Crippen molar-refractivity contribution in [1.82, 2.24) is 15.0 Å². The number of hydrogen-bond donors (Lipinski definition) is 1. The summed E-state index contributed by atoms with van der Waals surface area (Å²) in [7, 11) is 0. The molecule has 56 valence electrons. The lowest BCUT2D eigenvalue weighted by atomic mass is 10.3. The highest BCUT2D eigenvalue weighted by Crippen LogP contribution is 1.95. The Balaban J connectivity index is 2.70. The molecule has 4 nitrogen and oxygen atoms in total. The fourth-order valence-electron chi connectivity index (χ4n) is 0.853. The van der Waals surface area contributed by atoms with Crippen molar-refractivity contribution < 1.29 is 5.11 Å². The molecule has 1 rings (SSSR count). The molecule has 0 amide bonds. The van der Waals surface area contributed by atoms with Crippen LogP contribution < -0.4 is 0 Å². The highest BCUT2D eigenvalue weighted by atomic mass is 16.3. The fraction of sp³-hybridized carbons (Fsp3) is 0.667. The molecule has 4 heteroatoms. The summed E-state index contributed by atoms with van der Waals surface area (Å²) in [6.07, 6.45) is 2.32. The van der Waals surface area contributed by atoms with Crippen LogP contribution in [0.25, 0.3) is 0 Å². The molecule has 0 saturated heterocycles.